The van der Waals surface area contributed by atoms with Crippen molar-refractivity contribution in [3.63, 3.8) is 0 Å². The van der Waals surface area contributed by atoms with Crippen molar-refractivity contribution in [1.29, 1.82) is 0 Å². The van der Waals surface area contributed by atoms with Crippen LogP contribution < -0.4 is 11.2 Å². The quantitative estimate of drug-likeness (QED) is 0.584. The summed E-state index contributed by atoms with van der Waals surface area (Å²) in [7, 11) is 0. The summed E-state index contributed by atoms with van der Waals surface area (Å²) in [5, 5.41) is 1.38. The molecule has 0 radical (unpaired) electrons. The highest BCUT2D eigenvalue weighted by molar-refractivity contribution is 5.85. The Balaban J connectivity index is 1.98. The van der Waals surface area contributed by atoms with Crippen molar-refractivity contribution in [2.45, 2.75) is 20.8 Å². The number of aromatic amines is 1. The van der Waals surface area contributed by atoms with Crippen LogP contribution in [-0.4, -0.2) is 9.97 Å². The van der Waals surface area contributed by atoms with Gasteiger partial charge >= 0.3 is 5.63 Å². The molecule has 0 bridgehead atoms. The molecule has 5 nitrogen and oxygen atoms in total. The van der Waals surface area contributed by atoms with Crippen LogP contribution in [0.2, 0.25) is 0 Å². The zero-order valence-electron chi connectivity index (χ0n) is 15.3. The predicted octanol–water partition coefficient (Wildman–Crippen LogP) is 4.14. The third-order valence-electron chi connectivity index (χ3n) is 4.83. The molecule has 0 fully saturated rings. The average molecular weight is 358 g/mol. The van der Waals surface area contributed by atoms with E-state index in [9.17, 15) is 9.59 Å². The summed E-state index contributed by atoms with van der Waals surface area (Å²) in [5.74, 6) is 0.478. The number of fused-ring (bicyclic) bond motifs is 1. The minimum Gasteiger partial charge on any atom is -0.422 e. The van der Waals surface area contributed by atoms with Gasteiger partial charge in [-0.15, -0.1) is 0 Å². The maximum absolute atomic E-state index is 12.5. The molecule has 4 aromatic rings. The first kappa shape index (κ1) is 17.0. The molecule has 1 N–H and O–H groups in total. The van der Waals surface area contributed by atoms with Gasteiger partial charge in [-0.3, -0.25) is 4.79 Å². The van der Waals surface area contributed by atoms with E-state index in [1.807, 2.05) is 57.2 Å². The van der Waals surface area contributed by atoms with Gasteiger partial charge in [-0.2, -0.15) is 0 Å². The van der Waals surface area contributed by atoms with Gasteiger partial charge < -0.3 is 9.40 Å². The Morgan fingerprint density at radius 3 is 2.59 bits per heavy atom. The molecule has 0 spiro atoms. The van der Waals surface area contributed by atoms with Gasteiger partial charge in [0, 0.05) is 23.5 Å². The molecule has 2 aromatic heterocycles. The van der Waals surface area contributed by atoms with Gasteiger partial charge in [0.25, 0.3) is 5.56 Å². The maximum atomic E-state index is 12.5. The Morgan fingerprint density at radius 1 is 1.00 bits per heavy atom. The van der Waals surface area contributed by atoms with E-state index in [0.717, 1.165) is 27.6 Å². The third-order valence-corrected chi connectivity index (χ3v) is 4.83. The number of benzene rings is 2. The van der Waals surface area contributed by atoms with Crippen LogP contribution in [0.5, 0.6) is 0 Å². The SMILES string of the molecule is Cc1ccc2cc(-c3cc(-c4ncc[nH]c4=O)cc(C)c3C)oc(=O)c2c1. The summed E-state index contributed by atoms with van der Waals surface area (Å²) in [5.41, 5.74) is 4.13. The highest BCUT2D eigenvalue weighted by Gasteiger charge is 2.14. The second-order valence-electron chi connectivity index (χ2n) is 6.72. The van der Waals surface area contributed by atoms with Crippen molar-refractivity contribution in [2.24, 2.45) is 0 Å². The lowest BCUT2D eigenvalue weighted by Crippen LogP contribution is -2.10. The largest absolute Gasteiger partial charge is 0.422 e. The highest BCUT2D eigenvalue weighted by Crippen LogP contribution is 2.31. The number of rotatable bonds is 2. The molecule has 0 aliphatic carbocycles. The van der Waals surface area contributed by atoms with Crippen LogP contribution in [0.15, 0.2) is 62.8 Å². The summed E-state index contributed by atoms with van der Waals surface area (Å²) in [4.78, 5) is 31.5. The molecule has 0 saturated carbocycles. The molecule has 4 rings (SSSR count). The lowest BCUT2D eigenvalue weighted by Gasteiger charge is -2.12. The van der Waals surface area contributed by atoms with Crippen LogP contribution in [0.4, 0.5) is 0 Å². The Kier molecular flexibility index (Phi) is 4.00. The van der Waals surface area contributed by atoms with Crippen molar-refractivity contribution in [3.05, 3.63) is 86.3 Å². The minimum atomic E-state index is -0.371. The van der Waals surface area contributed by atoms with Gasteiger partial charge in [0.05, 0.1) is 5.39 Å². The van der Waals surface area contributed by atoms with Crippen molar-refractivity contribution in [3.8, 4) is 22.6 Å². The molecular weight excluding hydrogens is 340 g/mol. The summed E-state index contributed by atoms with van der Waals surface area (Å²) in [6, 6.07) is 11.3. The van der Waals surface area contributed by atoms with E-state index in [4.69, 9.17) is 4.42 Å². The third kappa shape index (κ3) is 2.97. The van der Waals surface area contributed by atoms with Gasteiger partial charge in [0.15, 0.2) is 0 Å². The Morgan fingerprint density at radius 2 is 1.81 bits per heavy atom. The van der Waals surface area contributed by atoms with Gasteiger partial charge in [-0.1, -0.05) is 17.7 Å². The van der Waals surface area contributed by atoms with Crippen LogP contribution in [0.25, 0.3) is 33.4 Å². The summed E-state index contributed by atoms with van der Waals surface area (Å²) in [6.07, 6.45) is 3.04. The highest BCUT2D eigenvalue weighted by atomic mass is 16.4. The first-order valence-corrected chi connectivity index (χ1v) is 8.64. The topological polar surface area (TPSA) is 76.0 Å². The van der Waals surface area contributed by atoms with Crippen LogP contribution in [0.1, 0.15) is 16.7 Å². The fraction of sp³-hybridized carbons (Fsp3) is 0.136. The fourth-order valence-electron chi connectivity index (χ4n) is 3.24. The number of aromatic nitrogens is 2. The van der Waals surface area contributed by atoms with Crippen LogP contribution in [0.3, 0.4) is 0 Å². The fourth-order valence-corrected chi connectivity index (χ4v) is 3.24. The normalized spacial score (nSPS) is 11.1. The van der Waals surface area contributed by atoms with Crippen LogP contribution >= 0.6 is 0 Å². The van der Waals surface area contributed by atoms with E-state index in [-0.39, 0.29) is 11.2 Å². The van der Waals surface area contributed by atoms with E-state index < -0.39 is 0 Å². The molecule has 2 aromatic carbocycles. The lowest BCUT2D eigenvalue weighted by atomic mass is 9.96. The summed E-state index contributed by atoms with van der Waals surface area (Å²) in [6.45, 7) is 5.87. The van der Waals surface area contributed by atoms with Gasteiger partial charge in [0.1, 0.15) is 11.5 Å². The zero-order valence-corrected chi connectivity index (χ0v) is 15.3. The predicted molar refractivity (Wildman–Crippen MR) is 106 cm³/mol. The molecule has 0 atom stereocenters. The van der Waals surface area contributed by atoms with E-state index in [1.165, 1.54) is 6.20 Å². The molecule has 0 unspecified atom stereocenters. The molecule has 27 heavy (non-hydrogen) atoms. The number of nitrogens with zero attached hydrogens (tertiary/aromatic N) is 1. The van der Waals surface area contributed by atoms with Gasteiger partial charge in [-0.05, 0) is 61.5 Å². The van der Waals surface area contributed by atoms with Gasteiger partial charge in [-0.25, -0.2) is 9.78 Å². The number of hydrogen-bond donors (Lipinski definition) is 1. The molecule has 134 valence electrons. The molecule has 2 heterocycles. The first-order chi connectivity index (χ1) is 12.9. The first-order valence-electron chi connectivity index (χ1n) is 8.64. The van der Waals surface area contributed by atoms with Crippen molar-refractivity contribution in [2.75, 3.05) is 0 Å². The van der Waals surface area contributed by atoms with Crippen molar-refractivity contribution < 1.29 is 4.42 Å². The maximum Gasteiger partial charge on any atom is 0.344 e. The summed E-state index contributed by atoms with van der Waals surface area (Å²) >= 11 is 0. The van der Waals surface area contributed by atoms with Crippen LogP contribution in [0, 0.1) is 20.8 Å². The average Bonchev–Trinajstić information content (AvgIpc) is 2.65. The Bertz CT molecular complexity index is 1300. The van der Waals surface area contributed by atoms with Crippen molar-refractivity contribution in [1.82, 2.24) is 9.97 Å². The van der Waals surface area contributed by atoms with E-state index in [0.29, 0.717) is 22.4 Å². The number of nitrogens with one attached hydrogen (secondary N) is 1. The van der Waals surface area contributed by atoms with Crippen molar-refractivity contribution >= 4 is 10.8 Å². The standard InChI is InChI=1S/C22H18N2O3/c1-12-4-5-15-11-19(27-22(26)18(15)8-12)17-10-16(9-13(2)14(17)3)20-21(25)24-7-6-23-20/h4-11H,1-3H3,(H,24,25). The van der Waals surface area contributed by atoms with E-state index >= 15 is 0 Å². The van der Waals surface area contributed by atoms with Gasteiger partial charge in [0.2, 0.25) is 0 Å². The molecule has 0 saturated heterocycles. The number of H-pyrrole nitrogens is 1. The second kappa shape index (κ2) is 6.36. The molecular formula is C22H18N2O3. The lowest BCUT2D eigenvalue weighted by molar-refractivity contribution is 0.534. The monoisotopic (exact) mass is 358 g/mol. The van der Waals surface area contributed by atoms with E-state index in [2.05, 4.69) is 9.97 Å². The molecule has 0 aliphatic rings. The molecule has 5 heteroatoms. The number of aryl methyl sites for hydroxylation is 2. The Labute approximate surface area is 155 Å². The summed E-state index contributed by atoms with van der Waals surface area (Å²) < 4.78 is 5.63. The molecule has 0 aliphatic heterocycles. The van der Waals surface area contributed by atoms with Crippen LogP contribution in [-0.2, 0) is 0 Å². The second-order valence-corrected chi connectivity index (χ2v) is 6.72. The van der Waals surface area contributed by atoms with E-state index in [1.54, 1.807) is 6.20 Å². The Hall–Kier alpha value is -3.47. The number of hydrogen-bond acceptors (Lipinski definition) is 4. The zero-order chi connectivity index (χ0) is 19.1. The minimum absolute atomic E-state index is 0.262. The molecule has 0 amide bonds. The smallest absolute Gasteiger partial charge is 0.344 e.